The number of anilines is 1. The Bertz CT molecular complexity index is 1180. The van der Waals surface area contributed by atoms with Gasteiger partial charge in [-0.3, -0.25) is 14.9 Å². The van der Waals surface area contributed by atoms with Crippen LogP contribution in [0.2, 0.25) is 0 Å². The van der Waals surface area contributed by atoms with Gasteiger partial charge in [0.1, 0.15) is 12.3 Å². The molecule has 0 saturated carbocycles. The van der Waals surface area contributed by atoms with Crippen molar-refractivity contribution < 1.29 is 24.2 Å². The number of carboxylic acids is 1. The third-order valence-corrected chi connectivity index (χ3v) is 5.98. The number of carboxylic acid groups (broad SMARTS) is 1. The summed E-state index contributed by atoms with van der Waals surface area (Å²) in [5.74, 6) is -1.48. The maximum absolute atomic E-state index is 12.4. The Kier molecular flexibility index (Phi) is 7.40. The van der Waals surface area contributed by atoms with E-state index >= 15 is 0 Å². The molecule has 0 spiro atoms. The van der Waals surface area contributed by atoms with Crippen molar-refractivity contribution in [3.63, 3.8) is 0 Å². The fraction of sp³-hybridized carbons (Fsp3) is 0.259. The second-order valence-electron chi connectivity index (χ2n) is 8.44. The first-order chi connectivity index (χ1) is 17.0. The molecule has 1 aliphatic rings. The van der Waals surface area contributed by atoms with Gasteiger partial charge in [-0.15, -0.1) is 0 Å². The number of rotatable bonds is 9. The standard InChI is InChI=1S/C27H27N3O5/c1-2-7-17(14-25(31)32)29-26(33)24-13-12-18(15-28-24)30-27(34)35-16-23-21-10-5-3-8-19(21)20-9-4-6-11-22(20)23/h3-6,8-13,15,17,23H,2,7,14,16H2,1H3,(H,29,33)(H,30,34)(H,31,32)/t17-/m1/s1. The molecule has 1 atom stereocenters. The quantitative estimate of drug-likeness (QED) is 0.410. The first-order valence-electron chi connectivity index (χ1n) is 11.6. The number of carbonyl (C=O) groups excluding carboxylic acids is 2. The normalized spacial score (nSPS) is 12.8. The molecule has 0 fully saturated rings. The van der Waals surface area contributed by atoms with E-state index in [1.165, 1.54) is 12.3 Å². The summed E-state index contributed by atoms with van der Waals surface area (Å²) >= 11 is 0. The number of benzene rings is 2. The summed E-state index contributed by atoms with van der Waals surface area (Å²) in [6.07, 6.45) is 1.90. The first-order valence-corrected chi connectivity index (χ1v) is 11.6. The Morgan fingerprint density at radius 3 is 2.23 bits per heavy atom. The Balaban J connectivity index is 1.34. The highest BCUT2D eigenvalue weighted by atomic mass is 16.5. The van der Waals surface area contributed by atoms with E-state index < -0.39 is 24.0 Å². The predicted molar refractivity (Wildman–Crippen MR) is 131 cm³/mol. The minimum absolute atomic E-state index is 0.0424. The Hall–Kier alpha value is -4.20. The van der Waals surface area contributed by atoms with Crippen molar-refractivity contribution in [3.8, 4) is 11.1 Å². The number of nitrogens with zero attached hydrogens (tertiary/aromatic N) is 1. The minimum atomic E-state index is -0.973. The molecule has 0 radical (unpaired) electrons. The van der Waals surface area contributed by atoms with Crippen molar-refractivity contribution >= 4 is 23.7 Å². The summed E-state index contributed by atoms with van der Waals surface area (Å²) in [5.41, 5.74) is 5.08. The highest BCUT2D eigenvalue weighted by Gasteiger charge is 2.29. The summed E-state index contributed by atoms with van der Waals surface area (Å²) < 4.78 is 5.53. The van der Waals surface area contributed by atoms with Crippen molar-refractivity contribution in [2.45, 2.75) is 38.1 Å². The molecule has 3 N–H and O–H groups in total. The topological polar surface area (TPSA) is 118 Å². The number of hydrogen-bond acceptors (Lipinski definition) is 5. The first kappa shape index (κ1) is 23.9. The Labute approximate surface area is 203 Å². The van der Waals surface area contributed by atoms with E-state index in [0.29, 0.717) is 12.1 Å². The zero-order valence-corrected chi connectivity index (χ0v) is 19.4. The molecule has 0 bridgehead atoms. The van der Waals surface area contributed by atoms with Gasteiger partial charge in [-0.05, 0) is 40.8 Å². The summed E-state index contributed by atoms with van der Waals surface area (Å²) in [4.78, 5) is 39.9. The molecule has 1 aromatic heterocycles. The smallest absolute Gasteiger partial charge is 0.411 e. The van der Waals surface area contributed by atoms with Gasteiger partial charge >= 0.3 is 12.1 Å². The molecule has 2 aromatic carbocycles. The van der Waals surface area contributed by atoms with Crippen LogP contribution >= 0.6 is 0 Å². The summed E-state index contributed by atoms with van der Waals surface area (Å²) in [5, 5.41) is 14.3. The van der Waals surface area contributed by atoms with E-state index in [1.807, 2.05) is 31.2 Å². The van der Waals surface area contributed by atoms with Crippen LogP contribution in [0.1, 0.15) is 53.7 Å². The molecule has 0 unspecified atom stereocenters. The zero-order valence-electron chi connectivity index (χ0n) is 19.4. The molecule has 180 valence electrons. The fourth-order valence-corrected chi connectivity index (χ4v) is 4.40. The molecule has 1 aliphatic carbocycles. The van der Waals surface area contributed by atoms with Crippen LogP contribution in [0, 0.1) is 0 Å². The maximum atomic E-state index is 12.4. The number of nitrogens with one attached hydrogen (secondary N) is 2. The number of pyridine rings is 1. The molecule has 0 saturated heterocycles. The number of fused-ring (bicyclic) bond motifs is 3. The summed E-state index contributed by atoms with van der Waals surface area (Å²) in [6.45, 7) is 2.11. The van der Waals surface area contributed by atoms with Crippen LogP contribution in [0.3, 0.4) is 0 Å². The number of hydrogen-bond donors (Lipinski definition) is 3. The van der Waals surface area contributed by atoms with E-state index in [2.05, 4.69) is 39.9 Å². The molecular weight excluding hydrogens is 446 g/mol. The fourth-order valence-electron chi connectivity index (χ4n) is 4.40. The number of aliphatic carboxylic acids is 1. The van der Waals surface area contributed by atoms with Crippen molar-refractivity contribution in [2.24, 2.45) is 0 Å². The van der Waals surface area contributed by atoms with Crippen molar-refractivity contribution in [1.82, 2.24) is 10.3 Å². The molecule has 4 rings (SSSR count). The van der Waals surface area contributed by atoms with Crippen LogP contribution in [-0.4, -0.2) is 40.7 Å². The van der Waals surface area contributed by atoms with Gasteiger partial charge in [0.25, 0.3) is 5.91 Å². The lowest BCUT2D eigenvalue weighted by molar-refractivity contribution is -0.137. The molecule has 3 aromatic rings. The largest absolute Gasteiger partial charge is 0.481 e. The lowest BCUT2D eigenvalue weighted by Gasteiger charge is -2.16. The zero-order chi connectivity index (χ0) is 24.8. The SMILES string of the molecule is CCC[C@H](CC(=O)O)NC(=O)c1ccc(NC(=O)OCC2c3ccccc3-c3ccccc32)cn1. The number of amides is 2. The van der Waals surface area contributed by atoms with Crippen LogP contribution in [0.15, 0.2) is 66.9 Å². The van der Waals surface area contributed by atoms with Gasteiger partial charge in [-0.1, -0.05) is 61.9 Å². The Morgan fingerprint density at radius 2 is 1.66 bits per heavy atom. The molecule has 2 amide bonds. The third kappa shape index (κ3) is 5.66. The Morgan fingerprint density at radius 1 is 1.00 bits per heavy atom. The van der Waals surface area contributed by atoms with E-state index in [0.717, 1.165) is 28.7 Å². The second kappa shape index (κ2) is 10.8. The van der Waals surface area contributed by atoms with Crippen LogP contribution < -0.4 is 10.6 Å². The van der Waals surface area contributed by atoms with Crippen LogP contribution in [0.5, 0.6) is 0 Å². The van der Waals surface area contributed by atoms with Gasteiger partial charge in [-0.25, -0.2) is 9.78 Å². The summed E-state index contributed by atoms with van der Waals surface area (Å²) in [7, 11) is 0. The van der Waals surface area contributed by atoms with Gasteiger partial charge in [-0.2, -0.15) is 0 Å². The van der Waals surface area contributed by atoms with Crippen molar-refractivity contribution in [3.05, 3.63) is 83.7 Å². The van der Waals surface area contributed by atoms with Gasteiger partial charge in [0.2, 0.25) is 0 Å². The molecule has 8 nitrogen and oxygen atoms in total. The lowest BCUT2D eigenvalue weighted by atomic mass is 9.98. The molecule has 8 heteroatoms. The van der Waals surface area contributed by atoms with Crippen LogP contribution in [0.25, 0.3) is 11.1 Å². The van der Waals surface area contributed by atoms with E-state index in [9.17, 15) is 14.4 Å². The van der Waals surface area contributed by atoms with Crippen LogP contribution in [0.4, 0.5) is 10.5 Å². The van der Waals surface area contributed by atoms with E-state index in [1.54, 1.807) is 6.07 Å². The number of carbonyl (C=O) groups is 3. The molecule has 1 heterocycles. The summed E-state index contributed by atoms with van der Waals surface area (Å²) in [6, 6.07) is 18.8. The van der Waals surface area contributed by atoms with Crippen LogP contribution in [-0.2, 0) is 9.53 Å². The van der Waals surface area contributed by atoms with Crippen molar-refractivity contribution in [2.75, 3.05) is 11.9 Å². The van der Waals surface area contributed by atoms with Crippen molar-refractivity contribution in [1.29, 1.82) is 0 Å². The average Bonchev–Trinajstić information content (AvgIpc) is 3.16. The van der Waals surface area contributed by atoms with E-state index in [4.69, 9.17) is 9.84 Å². The predicted octanol–water partition coefficient (Wildman–Crippen LogP) is 4.82. The van der Waals surface area contributed by atoms with E-state index in [-0.39, 0.29) is 24.6 Å². The van der Waals surface area contributed by atoms with Gasteiger partial charge in [0.05, 0.1) is 18.3 Å². The van der Waals surface area contributed by atoms with Gasteiger partial charge < -0.3 is 15.2 Å². The monoisotopic (exact) mass is 473 g/mol. The van der Waals surface area contributed by atoms with Gasteiger partial charge in [0, 0.05) is 12.0 Å². The minimum Gasteiger partial charge on any atom is -0.481 e. The number of ether oxygens (including phenoxy) is 1. The third-order valence-electron chi connectivity index (χ3n) is 5.98. The second-order valence-corrected chi connectivity index (χ2v) is 8.44. The molecule has 0 aliphatic heterocycles. The highest BCUT2D eigenvalue weighted by molar-refractivity contribution is 5.93. The maximum Gasteiger partial charge on any atom is 0.411 e. The number of aromatic nitrogens is 1. The molecule has 35 heavy (non-hydrogen) atoms. The highest BCUT2D eigenvalue weighted by Crippen LogP contribution is 2.44. The lowest BCUT2D eigenvalue weighted by Crippen LogP contribution is -2.36. The average molecular weight is 474 g/mol. The van der Waals surface area contributed by atoms with Gasteiger partial charge in [0.15, 0.2) is 0 Å². The molecular formula is C27H27N3O5.